The molecule has 0 fully saturated rings. The van der Waals surface area contributed by atoms with Crippen LogP contribution in [0.15, 0.2) is 58.5 Å². The molecule has 3 heterocycles. The molecule has 2 aromatic heterocycles. The number of hydrogen-bond acceptors (Lipinski definition) is 6. The lowest BCUT2D eigenvalue weighted by atomic mass is 10.1. The fourth-order valence-electron chi connectivity index (χ4n) is 4.24. The third kappa shape index (κ3) is 5.28. The summed E-state index contributed by atoms with van der Waals surface area (Å²) in [5.74, 6) is -2.60. The zero-order valence-corrected chi connectivity index (χ0v) is 21.4. The Bertz CT molecular complexity index is 1570. The SMILES string of the molecule is CC(=O)N1CCc2c(sc3nc(SCC(=O)Nc4ccc(F)c(F)c4)n(Cc4ccccc4)c(=O)c23)C1. The van der Waals surface area contributed by atoms with Gasteiger partial charge in [-0.15, -0.1) is 11.3 Å². The van der Waals surface area contributed by atoms with E-state index in [1.807, 2.05) is 30.3 Å². The van der Waals surface area contributed by atoms with Crippen molar-refractivity contribution in [2.24, 2.45) is 0 Å². The van der Waals surface area contributed by atoms with Crippen molar-refractivity contribution in [2.75, 3.05) is 17.6 Å². The molecule has 0 spiro atoms. The number of anilines is 1. The molecule has 37 heavy (non-hydrogen) atoms. The van der Waals surface area contributed by atoms with E-state index in [0.29, 0.717) is 34.9 Å². The van der Waals surface area contributed by atoms with E-state index in [2.05, 4.69) is 5.32 Å². The lowest BCUT2D eigenvalue weighted by Crippen LogP contribution is -2.34. The minimum absolute atomic E-state index is 0.0131. The molecule has 1 aliphatic rings. The highest BCUT2D eigenvalue weighted by Crippen LogP contribution is 2.34. The van der Waals surface area contributed by atoms with Crippen molar-refractivity contribution in [3.63, 3.8) is 0 Å². The summed E-state index contributed by atoms with van der Waals surface area (Å²) in [6, 6.07) is 12.6. The van der Waals surface area contributed by atoms with Gasteiger partial charge in [0.2, 0.25) is 11.8 Å². The summed E-state index contributed by atoms with van der Waals surface area (Å²) in [6.07, 6.45) is 0.584. The third-order valence-electron chi connectivity index (χ3n) is 6.09. The molecule has 0 radical (unpaired) electrons. The van der Waals surface area contributed by atoms with Gasteiger partial charge in [-0.25, -0.2) is 13.8 Å². The number of thiophene rings is 1. The van der Waals surface area contributed by atoms with Crippen LogP contribution in [0.1, 0.15) is 22.9 Å². The fourth-order valence-corrected chi connectivity index (χ4v) is 6.32. The summed E-state index contributed by atoms with van der Waals surface area (Å²) in [4.78, 5) is 46.3. The van der Waals surface area contributed by atoms with Gasteiger partial charge in [0.25, 0.3) is 5.56 Å². The van der Waals surface area contributed by atoms with Gasteiger partial charge in [0.15, 0.2) is 16.8 Å². The number of carbonyl (C=O) groups is 2. The molecule has 1 N–H and O–H groups in total. The Morgan fingerprint density at radius 1 is 1.14 bits per heavy atom. The molecule has 5 rings (SSSR count). The van der Waals surface area contributed by atoms with Crippen molar-refractivity contribution in [3.8, 4) is 0 Å². The lowest BCUT2D eigenvalue weighted by molar-refractivity contribution is -0.129. The lowest BCUT2D eigenvalue weighted by Gasteiger charge is -2.25. The van der Waals surface area contributed by atoms with E-state index in [1.165, 1.54) is 24.3 Å². The Balaban J connectivity index is 1.47. The Kier molecular flexibility index (Phi) is 7.07. The van der Waals surface area contributed by atoms with Gasteiger partial charge in [-0.2, -0.15) is 0 Å². The van der Waals surface area contributed by atoms with Crippen molar-refractivity contribution in [1.82, 2.24) is 14.5 Å². The number of hydrogen-bond donors (Lipinski definition) is 1. The van der Waals surface area contributed by atoms with E-state index < -0.39 is 17.5 Å². The topological polar surface area (TPSA) is 84.3 Å². The van der Waals surface area contributed by atoms with E-state index in [9.17, 15) is 23.2 Å². The van der Waals surface area contributed by atoms with Gasteiger partial charge < -0.3 is 10.2 Å². The minimum Gasteiger partial charge on any atom is -0.337 e. The number of benzene rings is 2. The molecule has 1 aliphatic heterocycles. The zero-order valence-electron chi connectivity index (χ0n) is 19.8. The molecule has 0 saturated carbocycles. The number of halogens is 2. The summed E-state index contributed by atoms with van der Waals surface area (Å²) in [6.45, 7) is 2.80. The maximum atomic E-state index is 13.8. The normalized spacial score (nSPS) is 13.0. The van der Waals surface area contributed by atoms with Gasteiger partial charge in [-0.3, -0.25) is 19.0 Å². The number of rotatable bonds is 6. The summed E-state index contributed by atoms with van der Waals surface area (Å²) < 4.78 is 28.3. The van der Waals surface area contributed by atoms with Crippen LogP contribution in [0.2, 0.25) is 0 Å². The molecule has 190 valence electrons. The van der Waals surface area contributed by atoms with E-state index in [0.717, 1.165) is 39.9 Å². The standard InChI is InChI=1S/C26H22F2N4O3S2/c1-15(33)31-10-9-18-21(13-31)37-24-23(18)25(35)32(12-16-5-3-2-4-6-16)26(30-24)36-14-22(34)29-17-7-8-19(27)20(28)11-17/h2-8,11H,9-10,12-14H2,1H3,(H,29,34). The van der Waals surface area contributed by atoms with Crippen molar-refractivity contribution < 1.29 is 18.4 Å². The van der Waals surface area contributed by atoms with E-state index in [4.69, 9.17) is 4.98 Å². The van der Waals surface area contributed by atoms with Crippen LogP contribution in [-0.4, -0.2) is 38.6 Å². The van der Waals surface area contributed by atoms with Gasteiger partial charge in [-0.1, -0.05) is 42.1 Å². The van der Waals surface area contributed by atoms with Crippen LogP contribution in [0.25, 0.3) is 10.2 Å². The first-order chi connectivity index (χ1) is 17.8. The van der Waals surface area contributed by atoms with Crippen molar-refractivity contribution in [1.29, 1.82) is 0 Å². The fraction of sp³-hybridized carbons (Fsp3) is 0.231. The van der Waals surface area contributed by atoms with Crippen LogP contribution in [0, 0.1) is 11.6 Å². The van der Waals surface area contributed by atoms with Crippen LogP contribution in [0.3, 0.4) is 0 Å². The van der Waals surface area contributed by atoms with Gasteiger partial charge in [-0.05, 0) is 29.7 Å². The number of fused-ring (bicyclic) bond motifs is 3. The molecule has 0 aliphatic carbocycles. The molecule has 2 aromatic carbocycles. The summed E-state index contributed by atoms with van der Waals surface area (Å²) in [5.41, 5.74) is 1.79. The Hall–Kier alpha value is -3.57. The summed E-state index contributed by atoms with van der Waals surface area (Å²) >= 11 is 2.49. The molecular formula is C26H22F2N4O3S2. The van der Waals surface area contributed by atoms with Gasteiger partial charge in [0.1, 0.15) is 4.83 Å². The average molecular weight is 541 g/mol. The Morgan fingerprint density at radius 3 is 2.65 bits per heavy atom. The van der Waals surface area contributed by atoms with Crippen molar-refractivity contribution in [2.45, 2.75) is 31.6 Å². The molecule has 0 saturated heterocycles. The van der Waals surface area contributed by atoms with Gasteiger partial charge in [0, 0.05) is 30.1 Å². The number of aromatic nitrogens is 2. The minimum atomic E-state index is -1.06. The average Bonchev–Trinajstić information content (AvgIpc) is 3.25. The van der Waals surface area contributed by atoms with Crippen molar-refractivity contribution in [3.05, 3.63) is 86.5 Å². The quantitative estimate of drug-likeness (QED) is 0.289. The molecule has 0 atom stereocenters. The number of nitrogens with zero attached hydrogens (tertiary/aromatic N) is 3. The van der Waals surface area contributed by atoms with Crippen molar-refractivity contribution >= 4 is 50.8 Å². The van der Waals surface area contributed by atoms with E-state index in [1.54, 1.807) is 9.47 Å². The van der Waals surface area contributed by atoms with Crippen LogP contribution < -0.4 is 10.9 Å². The van der Waals surface area contributed by atoms with E-state index in [-0.39, 0.29) is 29.5 Å². The Morgan fingerprint density at radius 2 is 1.92 bits per heavy atom. The maximum Gasteiger partial charge on any atom is 0.263 e. The first-order valence-electron chi connectivity index (χ1n) is 11.5. The molecule has 2 amide bonds. The maximum absolute atomic E-state index is 13.8. The predicted octanol–water partition coefficient (Wildman–Crippen LogP) is 4.42. The van der Waals surface area contributed by atoms with Crippen LogP contribution >= 0.6 is 23.1 Å². The number of amides is 2. The highest BCUT2D eigenvalue weighted by atomic mass is 32.2. The third-order valence-corrected chi connectivity index (χ3v) is 8.18. The Labute approximate surface area is 219 Å². The molecule has 0 unspecified atom stereocenters. The summed E-state index contributed by atoms with van der Waals surface area (Å²) in [5, 5.41) is 3.48. The first kappa shape index (κ1) is 25.1. The predicted molar refractivity (Wildman–Crippen MR) is 140 cm³/mol. The van der Waals surface area contributed by atoms with Crippen LogP contribution in [0.5, 0.6) is 0 Å². The summed E-state index contributed by atoms with van der Waals surface area (Å²) in [7, 11) is 0. The smallest absolute Gasteiger partial charge is 0.263 e. The largest absolute Gasteiger partial charge is 0.337 e. The first-order valence-corrected chi connectivity index (χ1v) is 13.3. The second kappa shape index (κ2) is 10.4. The van der Waals surface area contributed by atoms with Crippen LogP contribution in [0.4, 0.5) is 14.5 Å². The molecule has 11 heteroatoms. The monoisotopic (exact) mass is 540 g/mol. The van der Waals surface area contributed by atoms with Gasteiger partial charge >= 0.3 is 0 Å². The number of nitrogens with one attached hydrogen (secondary N) is 1. The van der Waals surface area contributed by atoms with Gasteiger partial charge in [0.05, 0.1) is 24.2 Å². The number of carbonyl (C=O) groups excluding carboxylic acids is 2. The molecular weight excluding hydrogens is 518 g/mol. The zero-order chi connectivity index (χ0) is 26.1. The van der Waals surface area contributed by atoms with Crippen LogP contribution in [-0.2, 0) is 29.1 Å². The second-order valence-electron chi connectivity index (χ2n) is 8.61. The molecule has 7 nitrogen and oxygen atoms in total. The van der Waals surface area contributed by atoms with E-state index >= 15 is 0 Å². The number of thioether (sulfide) groups is 1. The second-order valence-corrected chi connectivity index (χ2v) is 10.6. The molecule has 4 aromatic rings. The highest BCUT2D eigenvalue weighted by molar-refractivity contribution is 7.99. The molecule has 0 bridgehead atoms. The highest BCUT2D eigenvalue weighted by Gasteiger charge is 2.26.